The minimum Gasteiger partial charge on any atom is -0.298 e. The van der Waals surface area contributed by atoms with E-state index in [1.165, 1.54) is 25.9 Å². The van der Waals surface area contributed by atoms with Gasteiger partial charge >= 0.3 is 0 Å². The molecule has 0 spiro atoms. The largest absolute Gasteiger partial charge is 0.298 e. The fraction of sp³-hybridized carbons (Fsp3) is 0.889. The molecule has 0 N–H and O–H groups in total. The molecule has 1 heterocycles. The first-order valence-electron chi connectivity index (χ1n) is 4.17. The van der Waals surface area contributed by atoms with E-state index in [0.29, 0.717) is 5.54 Å². The third-order valence-corrected chi connectivity index (χ3v) is 2.15. The number of rotatable bonds is 0. The van der Waals surface area contributed by atoms with Gasteiger partial charge in [-0.05, 0) is 53.1 Å². The Morgan fingerprint density at radius 2 is 1.60 bits per heavy atom. The lowest BCUT2D eigenvalue weighted by atomic mass is 10.0. The maximum Gasteiger partial charge on any atom is 0.0125 e. The van der Waals surface area contributed by atoms with Gasteiger partial charge in [0.2, 0.25) is 0 Å². The Morgan fingerprint density at radius 3 is 1.90 bits per heavy atom. The van der Waals surface area contributed by atoms with Crippen LogP contribution >= 0.6 is 0 Å². The van der Waals surface area contributed by atoms with Gasteiger partial charge in [-0.25, -0.2) is 0 Å². The van der Waals surface area contributed by atoms with Gasteiger partial charge in [0, 0.05) is 5.54 Å². The smallest absolute Gasteiger partial charge is 0.0125 e. The average Bonchev–Trinajstić information content (AvgIpc) is 1.88. The zero-order chi connectivity index (χ0) is 7.61. The maximum atomic E-state index is 2.55. The SMILES string of the molecule is CC(C)(C)N1CC[CH]CC1. The zero-order valence-electron chi connectivity index (χ0n) is 7.35. The summed E-state index contributed by atoms with van der Waals surface area (Å²) < 4.78 is 0. The van der Waals surface area contributed by atoms with Crippen LogP contribution in [0.4, 0.5) is 0 Å². The van der Waals surface area contributed by atoms with Crippen LogP contribution in [0, 0.1) is 6.42 Å². The molecule has 1 fully saturated rings. The highest BCUT2D eigenvalue weighted by Crippen LogP contribution is 2.18. The summed E-state index contributed by atoms with van der Waals surface area (Å²) in [6.07, 6.45) is 4.94. The number of hydrogen-bond donors (Lipinski definition) is 0. The normalized spacial score (nSPS) is 23.1. The fourth-order valence-electron chi connectivity index (χ4n) is 1.42. The van der Waals surface area contributed by atoms with Crippen molar-refractivity contribution in [2.75, 3.05) is 13.1 Å². The molecule has 0 unspecified atom stereocenters. The summed E-state index contributed by atoms with van der Waals surface area (Å²) in [6, 6.07) is 0. The molecule has 1 aliphatic heterocycles. The van der Waals surface area contributed by atoms with Crippen LogP contribution in [0.25, 0.3) is 0 Å². The van der Waals surface area contributed by atoms with E-state index in [1.807, 2.05) is 0 Å². The van der Waals surface area contributed by atoms with Gasteiger partial charge in [-0.1, -0.05) is 0 Å². The second-order valence-electron chi connectivity index (χ2n) is 4.02. The van der Waals surface area contributed by atoms with E-state index in [1.54, 1.807) is 0 Å². The van der Waals surface area contributed by atoms with Crippen LogP contribution in [0.5, 0.6) is 0 Å². The third kappa shape index (κ3) is 1.98. The molecule has 0 atom stereocenters. The van der Waals surface area contributed by atoms with Gasteiger partial charge in [-0.2, -0.15) is 0 Å². The van der Waals surface area contributed by atoms with E-state index in [4.69, 9.17) is 0 Å². The van der Waals surface area contributed by atoms with Crippen molar-refractivity contribution in [2.45, 2.75) is 39.2 Å². The van der Waals surface area contributed by atoms with Crippen LogP contribution in [-0.2, 0) is 0 Å². The Balaban J connectivity index is 2.39. The number of nitrogens with zero attached hydrogens (tertiary/aromatic N) is 1. The molecular weight excluding hydrogens is 122 g/mol. The molecule has 0 saturated carbocycles. The lowest BCUT2D eigenvalue weighted by Crippen LogP contribution is -2.44. The van der Waals surface area contributed by atoms with E-state index in [-0.39, 0.29) is 0 Å². The molecule has 0 aromatic rings. The third-order valence-electron chi connectivity index (χ3n) is 2.15. The Labute approximate surface area is 64.4 Å². The van der Waals surface area contributed by atoms with Crippen LogP contribution in [0.1, 0.15) is 33.6 Å². The van der Waals surface area contributed by atoms with Crippen molar-refractivity contribution >= 4 is 0 Å². The van der Waals surface area contributed by atoms with Crippen molar-refractivity contribution in [3.63, 3.8) is 0 Å². The van der Waals surface area contributed by atoms with Gasteiger partial charge in [0.25, 0.3) is 0 Å². The van der Waals surface area contributed by atoms with Gasteiger partial charge in [0.1, 0.15) is 0 Å². The topological polar surface area (TPSA) is 3.24 Å². The van der Waals surface area contributed by atoms with Crippen molar-refractivity contribution in [2.24, 2.45) is 0 Å². The maximum absolute atomic E-state index is 2.55. The molecule has 10 heavy (non-hydrogen) atoms. The summed E-state index contributed by atoms with van der Waals surface area (Å²) in [5.41, 5.74) is 0.383. The molecule has 0 amide bonds. The van der Waals surface area contributed by atoms with E-state index in [0.717, 1.165) is 0 Å². The molecule has 59 valence electrons. The summed E-state index contributed by atoms with van der Waals surface area (Å²) in [5.74, 6) is 0. The highest BCUT2D eigenvalue weighted by atomic mass is 15.2. The Hall–Kier alpha value is -0.0400. The van der Waals surface area contributed by atoms with E-state index in [9.17, 15) is 0 Å². The van der Waals surface area contributed by atoms with Crippen LogP contribution in [-0.4, -0.2) is 23.5 Å². The molecule has 1 heteroatoms. The number of piperidine rings is 1. The van der Waals surface area contributed by atoms with Crippen molar-refractivity contribution < 1.29 is 0 Å². The predicted molar refractivity (Wildman–Crippen MR) is 44.9 cm³/mol. The monoisotopic (exact) mass is 140 g/mol. The second kappa shape index (κ2) is 2.91. The number of likely N-dealkylation sites (tertiary alicyclic amines) is 1. The molecular formula is C9H18N. The molecule has 0 bridgehead atoms. The first kappa shape index (κ1) is 8.06. The van der Waals surface area contributed by atoms with Crippen LogP contribution in [0.2, 0.25) is 0 Å². The van der Waals surface area contributed by atoms with E-state index in [2.05, 4.69) is 32.1 Å². The standard InChI is InChI=1S/C9H18N/c1-9(2,3)10-7-5-4-6-8-10/h4H,5-8H2,1-3H3. The minimum absolute atomic E-state index is 0.383. The molecule has 0 aliphatic carbocycles. The van der Waals surface area contributed by atoms with Crippen LogP contribution in [0.3, 0.4) is 0 Å². The molecule has 1 saturated heterocycles. The fourth-order valence-corrected chi connectivity index (χ4v) is 1.42. The number of hydrogen-bond acceptors (Lipinski definition) is 1. The summed E-state index contributed by atoms with van der Waals surface area (Å²) in [6.45, 7) is 9.38. The Morgan fingerprint density at radius 1 is 1.10 bits per heavy atom. The van der Waals surface area contributed by atoms with Gasteiger partial charge in [-0.3, -0.25) is 4.90 Å². The summed E-state index contributed by atoms with van der Waals surface area (Å²) in [7, 11) is 0. The average molecular weight is 140 g/mol. The van der Waals surface area contributed by atoms with Gasteiger partial charge in [0.15, 0.2) is 0 Å². The second-order valence-corrected chi connectivity index (χ2v) is 4.02. The van der Waals surface area contributed by atoms with Gasteiger partial charge < -0.3 is 0 Å². The summed E-state index contributed by atoms with van der Waals surface area (Å²) in [4.78, 5) is 2.55. The minimum atomic E-state index is 0.383. The molecule has 1 nitrogen and oxygen atoms in total. The molecule has 1 radical (unpaired) electrons. The lowest BCUT2D eigenvalue weighted by molar-refractivity contribution is 0.125. The van der Waals surface area contributed by atoms with E-state index < -0.39 is 0 Å². The highest BCUT2D eigenvalue weighted by molar-refractivity contribution is 4.84. The summed E-state index contributed by atoms with van der Waals surface area (Å²) in [5, 5.41) is 0. The molecule has 1 aliphatic rings. The Kier molecular flexibility index (Phi) is 2.35. The van der Waals surface area contributed by atoms with E-state index >= 15 is 0 Å². The molecule has 0 aromatic heterocycles. The Bertz CT molecular complexity index is 95.8. The molecule has 1 rings (SSSR count). The van der Waals surface area contributed by atoms with Crippen molar-refractivity contribution in [1.29, 1.82) is 0 Å². The first-order valence-corrected chi connectivity index (χ1v) is 4.17. The quantitative estimate of drug-likeness (QED) is 0.498. The zero-order valence-corrected chi connectivity index (χ0v) is 7.35. The highest BCUT2D eigenvalue weighted by Gasteiger charge is 2.22. The molecule has 0 aromatic carbocycles. The van der Waals surface area contributed by atoms with Crippen LogP contribution in [0.15, 0.2) is 0 Å². The summed E-state index contributed by atoms with van der Waals surface area (Å²) >= 11 is 0. The van der Waals surface area contributed by atoms with Crippen molar-refractivity contribution in [3.05, 3.63) is 6.42 Å². The van der Waals surface area contributed by atoms with Crippen molar-refractivity contribution in [3.8, 4) is 0 Å². The van der Waals surface area contributed by atoms with Gasteiger partial charge in [-0.15, -0.1) is 0 Å². The predicted octanol–water partition coefficient (Wildman–Crippen LogP) is 2.08. The lowest BCUT2D eigenvalue weighted by Gasteiger charge is -2.38. The van der Waals surface area contributed by atoms with Crippen LogP contribution < -0.4 is 0 Å². The van der Waals surface area contributed by atoms with Crippen molar-refractivity contribution in [1.82, 2.24) is 4.90 Å². The first-order chi connectivity index (χ1) is 4.61. The van der Waals surface area contributed by atoms with Gasteiger partial charge in [0.05, 0.1) is 0 Å².